The van der Waals surface area contributed by atoms with Gasteiger partial charge in [0.05, 0.1) is 18.4 Å². The maximum Gasteiger partial charge on any atom is 0.338 e. The Hall–Kier alpha value is -2.74. The molecule has 1 aromatic rings. The number of carbonyl (C=O) groups excluding carboxylic acids is 3. The topological polar surface area (TPSA) is 91.0 Å². The normalized spacial score (nSPS) is 19.7. The molecule has 1 saturated carbocycles. The number of hydrazine groups is 1. The number of anilines is 1. The van der Waals surface area contributed by atoms with Gasteiger partial charge in [-0.25, -0.2) is 4.79 Å². The molecule has 0 aromatic heterocycles. The average molecular weight is 435 g/mol. The van der Waals surface area contributed by atoms with Crippen LogP contribution in [-0.4, -0.2) is 56.0 Å². The van der Waals surface area contributed by atoms with E-state index in [4.69, 9.17) is 16.3 Å². The number of nitrogens with one attached hydrogen (secondary N) is 2. The summed E-state index contributed by atoms with van der Waals surface area (Å²) < 4.78 is 4.94. The number of methoxy groups -OCH3 is 1. The van der Waals surface area contributed by atoms with Gasteiger partial charge < -0.3 is 15.0 Å². The van der Waals surface area contributed by atoms with Crippen LogP contribution in [0.25, 0.3) is 0 Å². The molecule has 0 bridgehead atoms. The van der Waals surface area contributed by atoms with Gasteiger partial charge in [-0.1, -0.05) is 30.9 Å². The molecule has 2 N–H and O–H groups in total. The van der Waals surface area contributed by atoms with Crippen LogP contribution in [0.2, 0.25) is 5.02 Å². The summed E-state index contributed by atoms with van der Waals surface area (Å²) >= 11 is 5.95. The quantitative estimate of drug-likeness (QED) is 0.525. The molecule has 1 aromatic carbocycles. The van der Waals surface area contributed by atoms with Crippen molar-refractivity contribution in [1.29, 1.82) is 0 Å². The number of nitrogens with zero attached hydrogens (tertiary/aromatic N) is 2. The molecule has 30 heavy (non-hydrogen) atoms. The van der Waals surface area contributed by atoms with Crippen molar-refractivity contribution < 1.29 is 19.1 Å². The zero-order valence-electron chi connectivity index (χ0n) is 17.4. The number of likely N-dealkylation sites (N-methyl/N-ethyl adjacent to an activating group) is 1. The number of halogens is 1. The summed E-state index contributed by atoms with van der Waals surface area (Å²) in [6.07, 6.45) is 4.67. The van der Waals surface area contributed by atoms with Gasteiger partial charge in [-0.3, -0.25) is 20.0 Å². The molecule has 2 aliphatic rings. The second-order valence-corrected chi connectivity index (χ2v) is 7.88. The monoisotopic (exact) mass is 434 g/mol. The molecule has 1 aliphatic carbocycles. The minimum atomic E-state index is -1.03. The summed E-state index contributed by atoms with van der Waals surface area (Å²) in [5, 5.41) is 4.78. The molecule has 0 saturated heterocycles. The third-order valence-electron chi connectivity index (χ3n) is 5.63. The summed E-state index contributed by atoms with van der Waals surface area (Å²) in [5.41, 5.74) is 3.81. The molecule has 9 heteroatoms. The van der Waals surface area contributed by atoms with E-state index in [2.05, 4.69) is 10.7 Å². The maximum absolute atomic E-state index is 13.5. The predicted octanol–water partition coefficient (Wildman–Crippen LogP) is 2.00. The van der Waals surface area contributed by atoms with E-state index >= 15 is 0 Å². The summed E-state index contributed by atoms with van der Waals surface area (Å²) in [7, 11) is 4.45. The van der Waals surface area contributed by atoms with E-state index in [-0.39, 0.29) is 23.2 Å². The van der Waals surface area contributed by atoms with Crippen molar-refractivity contribution in [2.45, 2.75) is 44.2 Å². The lowest BCUT2D eigenvalue weighted by Crippen LogP contribution is -2.52. The van der Waals surface area contributed by atoms with Crippen LogP contribution in [0.5, 0.6) is 0 Å². The van der Waals surface area contributed by atoms with Crippen molar-refractivity contribution in [3.05, 3.63) is 40.6 Å². The van der Waals surface area contributed by atoms with Crippen LogP contribution >= 0.6 is 11.6 Å². The van der Waals surface area contributed by atoms with Crippen molar-refractivity contribution in [2.24, 2.45) is 0 Å². The SMILES string of the molecule is CNC(=O)[C@@H]1C(C(=O)OC)=C(NN(C)c2ccc(Cl)cc2)C(=O)N1C1CCCCC1. The fourth-order valence-electron chi connectivity index (χ4n) is 4.10. The van der Waals surface area contributed by atoms with Crippen LogP contribution in [0.15, 0.2) is 35.5 Å². The minimum absolute atomic E-state index is 0.0215. The lowest BCUT2D eigenvalue weighted by atomic mass is 9.93. The van der Waals surface area contributed by atoms with E-state index in [9.17, 15) is 14.4 Å². The molecule has 2 amide bonds. The minimum Gasteiger partial charge on any atom is -0.466 e. The Balaban J connectivity index is 2.00. The molecule has 162 valence electrons. The van der Waals surface area contributed by atoms with Gasteiger partial charge in [-0.15, -0.1) is 0 Å². The summed E-state index contributed by atoms with van der Waals surface area (Å²) in [6, 6.07) is 5.88. The second-order valence-electron chi connectivity index (χ2n) is 7.45. The molecule has 0 unspecified atom stereocenters. The summed E-state index contributed by atoms with van der Waals surface area (Å²) in [4.78, 5) is 40.5. The molecular weight excluding hydrogens is 408 g/mol. The van der Waals surface area contributed by atoms with Crippen molar-refractivity contribution in [1.82, 2.24) is 15.6 Å². The Morgan fingerprint density at radius 2 is 1.80 bits per heavy atom. The van der Waals surface area contributed by atoms with Gasteiger partial charge in [-0.05, 0) is 37.1 Å². The van der Waals surface area contributed by atoms with E-state index in [0.29, 0.717) is 5.02 Å². The molecule has 0 spiro atoms. The summed E-state index contributed by atoms with van der Waals surface area (Å²) in [6.45, 7) is 0. The van der Waals surface area contributed by atoms with Crippen LogP contribution in [-0.2, 0) is 19.1 Å². The van der Waals surface area contributed by atoms with Crippen molar-refractivity contribution >= 4 is 35.1 Å². The van der Waals surface area contributed by atoms with Crippen LogP contribution < -0.4 is 15.8 Å². The molecule has 1 atom stereocenters. The predicted molar refractivity (Wildman–Crippen MR) is 114 cm³/mol. The highest BCUT2D eigenvalue weighted by Crippen LogP contribution is 2.34. The van der Waals surface area contributed by atoms with Crippen molar-refractivity contribution in [3.63, 3.8) is 0 Å². The first kappa shape index (κ1) is 22.0. The van der Waals surface area contributed by atoms with E-state index in [1.165, 1.54) is 14.2 Å². The second kappa shape index (κ2) is 9.38. The highest BCUT2D eigenvalue weighted by atomic mass is 35.5. The van der Waals surface area contributed by atoms with Gasteiger partial charge in [0.15, 0.2) is 0 Å². The third-order valence-corrected chi connectivity index (χ3v) is 5.88. The van der Waals surface area contributed by atoms with E-state index in [0.717, 1.165) is 37.8 Å². The number of esters is 1. The average Bonchev–Trinajstić information content (AvgIpc) is 3.05. The van der Waals surface area contributed by atoms with E-state index < -0.39 is 17.9 Å². The largest absolute Gasteiger partial charge is 0.466 e. The lowest BCUT2D eigenvalue weighted by Gasteiger charge is -2.35. The molecule has 1 fully saturated rings. The van der Waals surface area contributed by atoms with Gasteiger partial charge in [0.2, 0.25) is 5.91 Å². The number of rotatable bonds is 6. The highest BCUT2D eigenvalue weighted by Gasteiger charge is 2.49. The van der Waals surface area contributed by atoms with Gasteiger partial charge in [-0.2, -0.15) is 0 Å². The van der Waals surface area contributed by atoms with Crippen LogP contribution in [0.3, 0.4) is 0 Å². The third kappa shape index (κ3) is 4.23. The highest BCUT2D eigenvalue weighted by molar-refractivity contribution is 6.30. The Bertz CT molecular complexity index is 849. The van der Waals surface area contributed by atoms with Crippen LogP contribution in [0.1, 0.15) is 32.1 Å². The number of benzene rings is 1. The van der Waals surface area contributed by atoms with Gasteiger partial charge in [0.1, 0.15) is 11.7 Å². The zero-order chi connectivity index (χ0) is 21.8. The molecule has 0 radical (unpaired) electrons. The number of hydrogen-bond acceptors (Lipinski definition) is 6. The van der Waals surface area contributed by atoms with Crippen molar-refractivity contribution in [2.75, 3.05) is 26.2 Å². The number of amides is 2. The molecule has 1 heterocycles. The van der Waals surface area contributed by atoms with E-state index in [1.54, 1.807) is 41.2 Å². The van der Waals surface area contributed by atoms with Crippen LogP contribution in [0.4, 0.5) is 5.69 Å². The summed E-state index contributed by atoms with van der Waals surface area (Å²) in [5.74, 6) is -1.50. The van der Waals surface area contributed by atoms with Gasteiger partial charge >= 0.3 is 5.97 Å². The lowest BCUT2D eigenvalue weighted by molar-refractivity contribution is -0.140. The fourth-order valence-corrected chi connectivity index (χ4v) is 4.22. The molecule has 8 nitrogen and oxygen atoms in total. The van der Waals surface area contributed by atoms with Crippen LogP contribution in [0, 0.1) is 0 Å². The number of hydrogen-bond donors (Lipinski definition) is 2. The first-order chi connectivity index (χ1) is 14.4. The first-order valence-corrected chi connectivity index (χ1v) is 10.4. The van der Waals surface area contributed by atoms with Crippen molar-refractivity contribution in [3.8, 4) is 0 Å². The standard InChI is InChI=1S/C21H27ClN4O4/c1-23-19(27)18-16(21(29)30-3)17(20(28)26(18)15-7-5-4-6-8-15)24-25(2)14-11-9-13(22)10-12-14/h9-12,15,18,24H,4-8H2,1-3H3,(H,23,27)/t18-/m0/s1. The number of carbonyl (C=O) groups is 3. The Kier molecular flexibility index (Phi) is 6.87. The maximum atomic E-state index is 13.5. The molecular formula is C21H27ClN4O4. The Morgan fingerprint density at radius 3 is 2.37 bits per heavy atom. The van der Waals surface area contributed by atoms with Gasteiger partial charge in [0.25, 0.3) is 5.91 Å². The zero-order valence-corrected chi connectivity index (χ0v) is 18.2. The Morgan fingerprint density at radius 1 is 1.17 bits per heavy atom. The smallest absolute Gasteiger partial charge is 0.338 e. The Labute approximate surface area is 181 Å². The number of ether oxygens (including phenoxy) is 1. The molecule has 3 rings (SSSR count). The van der Waals surface area contributed by atoms with E-state index in [1.807, 2.05) is 0 Å². The fraction of sp³-hybridized carbons (Fsp3) is 0.476. The molecule has 1 aliphatic heterocycles. The van der Waals surface area contributed by atoms with Gasteiger partial charge in [0, 0.05) is 25.2 Å². The first-order valence-electron chi connectivity index (χ1n) is 10.0.